The summed E-state index contributed by atoms with van der Waals surface area (Å²) in [6.45, 7) is 1.68. The van der Waals surface area contributed by atoms with E-state index in [1.165, 1.54) is 53.1 Å². The summed E-state index contributed by atoms with van der Waals surface area (Å²) in [4.78, 5) is 49.5. The summed E-state index contributed by atoms with van der Waals surface area (Å²) >= 11 is 7.55. The lowest BCUT2D eigenvalue weighted by Gasteiger charge is -2.49. The molecule has 2 aliphatic heterocycles. The van der Waals surface area contributed by atoms with Gasteiger partial charge in [-0.2, -0.15) is 8.42 Å². The highest BCUT2D eigenvalue weighted by Gasteiger charge is 2.54. The summed E-state index contributed by atoms with van der Waals surface area (Å²) in [6.07, 6.45) is 0. The molecule has 3 atom stereocenters. The first kappa shape index (κ1) is 33.6. The molecule has 0 aliphatic carbocycles. The number of hydrogen-bond donors (Lipinski definition) is 3. The van der Waals surface area contributed by atoms with Gasteiger partial charge >= 0.3 is 5.97 Å². The van der Waals surface area contributed by atoms with Crippen LogP contribution in [0.4, 0.5) is 5.69 Å². The third-order valence-electron chi connectivity index (χ3n) is 6.69. The quantitative estimate of drug-likeness (QED) is 0.104. The van der Waals surface area contributed by atoms with Crippen molar-refractivity contribution in [2.45, 2.75) is 35.9 Å². The predicted octanol–water partition coefficient (Wildman–Crippen LogP) is 3.43. The molecule has 2 heterocycles. The molecule has 2 aliphatic rings. The monoisotopic (exact) mass is 674 g/mol. The lowest BCUT2D eigenvalue weighted by Crippen LogP contribution is -2.71. The summed E-state index contributed by atoms with van der Waals surface area (Å²) < 4.78 is 34.8. The number of carbonyl (C=O) groups is 3. The fourth-order valence-corrected chi connectivity index (χ4v) is 6.29. The first-order valence-corrected chi connectivity index (χ1v) is 16.0. The van der Waals surface area contributed by atoms with E-state index in [9.17, 15) is 32.9 Å². The van der Waals surface area contributed by atoms with Crippen LogP contribution in [0.25, 0.3) is 0 Å². The fraction of sp³-hybridized carbons (Fsp3) is 0.207. The van der Waals surface area contributed by atoms with Crippen LogP contribution in [0, 0.1) is 17.0 Å². The highest BCUT2D eigenvalue weighted by Crippen LogP contribution is 2.42. The van der Waals surface area contributed by atoms with E-state index in [4.69, 9.17) is 26.6 Å². The minimum atomic E-state index is -4.02. The number of nitrogens with two attached hydrogens (primary N) is 1. The molecule has 3 aromatic carbocycles. The van der Waals surface area contributed by atoms with Crippen LogP contribution in [0.3, 0.4) is 0 Å². The zero-order valence-electron chi connectivity index (χ0n) is 23.5. The number of rotatable bonds is 8. The number of fused-ring (bicyclic) bond motifs is 1. The van der Waals surface area contributed by atoms with Crippen LogP contribution in [0.15, 0.2) is 94.5 Å². The number of halogens is 1. The summed E-state index contributed by atoms with van der Waals surface area (Å²) in [5.41, 5.74) is 7.95. The van der Waals surface area contributed by atoms with Crippen molar-refractivity contribution < 1.29 is 37.0 Å². The minimum Gasteiger partial charge on any atom is -0.456 e. The van der Waals surface area contributed by atoms with E-state index in [2.05, 4.69) is 5.32 Å². The molecule has 4 N–H and O–H groups in total. The summed E-state index contributed by atoms with van der Waals surface area (Å²) in [5, 5.41) is 13.1. The molecule has 0 unspecified atom stereocenters. The first-order chi connectivity index (χ1) is 21.3. The Hall–Kier alpha value is -4.28. The summed E-state index contributed by atoms with van der Waals surface area (Å²) in [5.74, 6) is -1.54. The number of β-lactam (4-membered cyclic amide) rings is 1. The number of carbonyl (C=O) groups excluding carboxylic acids is 3. The van der Waals surface area contributed by atoms with Gasteiger partial charge in [-0.05, 0) is 42.3 Å². The van der Waals surface area contributed by atoms with Gasteiger partial charge in [0.2, 0.25) is 5.91 Å². The van der Waals surface area contributed by atoms with Crippen molar-refractivity contribution in [1.82, 2.24) is 10.2 Å². The van der Waals surface area contributed by atoms with Crippen molar-refractivity contribution in [1.29, 1.82) is 0 Å². The number of nitrogens with zero attached hydrogens (tertiary/aromatic N) is 2. The minimum absolute atomic E-state index is 0.0666. The van der Waals surface area contributed by atoms with Gasteiger partial charge in [0.25, 0.3) is 21.7 Å². The maximum atomic E-state index is 12.8. The second kappa shape index (κ2) is 14.2. The van der Waals surface area contributed by atoms with Gasteiger partial charge < -0.3 is 15.8 Å². The van der Waals surface area contributed by atoms with Crippen molar-refractivity contribution in [2.75, 3.05) is 5.75 Å². The second-order valence-corrected chi connectivity index (χ2v) is 12.8. The highest BCUT2D eigenvalue weighted by atomic mass is 35.5. The number of amides is 2. The van der Waals surface area contributed by atoms with Crippen molar-refractivity contribution in [3.63, 3.8) is 0 Å². The molecule has 236 valence electrons. The fourth-order valence-electron chi connectivity index (χ4n) is 4.27. The van der Waals surface area contributed by atoms with Crippen LogP contribution >= 0.6 is 23.4 Å². The van der Waals surface area contributed by atoms with Gasteiger partial charge in [-0.25, -0.2) is 4.79 Å². The van der Waals surface area contributed by atoms with Crippen LogP contribution in [0.1, 0.15) is 22.7 Å². The number of nitrogens with one attached hydrogen (secondary N) is 1. The van der Waals surface area contributed by atoms with E-state index in [1.54, 1.807) is 42.5 Å². The van der Waals surface area contributed by atoms with Crippen molar-refractivity contribution in [3.05, 3.63) is 116 Å². The molecule has 13 nitrogen and oxygen atoms in total. The summed E-state index contributed by atoms with van der Waals surface area (Å²) in [6, 6.07) is 18.5. The normalized spacial score (nSPS) is 18.0. The van der Waals surface area contributed by atoms with E-state index >= 15 is 0 Å². The van der Waals surface area contributed by atoms with Gasteiger partial charge in [-0.3, -0.25) is 29.2 Å². The number of ether oxygens (including phenoxy) is 1. The number of thioether (sulfide) groups is 1. The maximum Gasteiger partial charge on any atom is 0.356 e. The molecule has 16 heteroatoms. The van der Waals surface area contributed by atoms with E-state index in [0.717, 1.165) is 5.56 Å². The number of benzene rings is 3. The maximum absolute atomic E-state index is 12.8. The predicted molar refractivity (Wildman–Crippen MR) is 165 cm³/mol. The molecule has 0 bridgehead atoms. The van der Waals surface area contributed by atoms with E-state index in [0.29, 0.717) is 11.1 Å². The third kappa shape index (κ3) is 8.06. The molecule has 0 radical (unpaired) electrons. The van der Waals surface area contributed by atoms with Gasteiger partial charge in [0, 0.05) is 17.9 Å². The SMILES string of the molecule is Cc1ccc(S(=O)(=O)O)cc1.N[C@@H](C(=O)N[C@@H]1C(=O)N2C(C(=O)OCc3ccc([N+](=O)[O-])cc3)=C(Cl)CS[C@H]12)c1ccccc1. The zero-order valence-corrected chi connectivity index (χ0v) is 25.9. The molecular weight excluding hydrogens is 648 g/mol. The Morgan fingerprint density at radius 1 is 1.13 bits per heavy atom. The Balaban J connectivity index is 0.000000354. The first-order valence-electron chi connectivity index (χ1n) is 13.2. The van der Waals surface area contributed by atoms with E-state index in [1.807, 2.05) is 6.92 Å². The molecule has 1 fully saturated rings. The van der Waals surface area contributed by atoms with Crippen LogP contribution in [-0.2, 0) is 35.8 Å². The smallest absolute Gasteiger partial charge is 0.356 e. The molecule has 0 saturated carbocycles. The largest absolute Gasteiger partial charge is 0.456 e. The molecule has 5 rings (SSSR count). The van der Waals surface area contributed by atoms with Crippen LogP contribution < -0.4 is 11.1 Å². The number of non-ortho nitro benzene ring substituents is 1. The molecular formula is C29H27ClN4O9S2. The topological polar surface area (TPSA) is 199 Å². The van der Waals surface area contributed by atoms with E-state index < -0.39 is 50.3 Å². The van der Waals surface area contributed by atoms with Crippen LogP contribution in [-0.4, -0.2) is 57.7 Å². The average molecular weight is 675 g/mol. The lowest BCUT2D eigenvalue weighted by atomic mass is 10.0. The molecule has 0 aromatic heterocycles. The standard InChI is InChI=1S/C22H19ClN4O6S.C7H8O3S/c23-15-11-34-21-17(25-19(28)16(24)13-4-2-1-3-5-13)20(29)26(21)18(15)22(30)33-10-12-6-8-14(9-7-12)27(31)32;1-6-2-4-7(5-3-6)11(8,9)10/h1-9,16-17,21H,10-11,24H2,(H,25,28);2-5H,1H3,(H,8,9,10)/t16-,17-,21-;/m1./s1. The summed E-state index contributed by atoms with van der Waals surface area (Å²) in [7, 11) is -4.02. The lowest BCUT2D eigenvalue weighted by molar-refractivity contribution is -0.384. The Labute approximate surface area is 267 Å². The van der Waals surface area contributed by atoms with Crippen molar-refractivity contribution in [3.8, 4) is 0 Å². The van der Waals surface area contributed by atoms with Gasteiger partial charge in [0.15, 0.2) is 0 Å². The molecule has 2 amide bonds. The average Bonchev–Trinajstić information content (AvgIpc) is 3.02. The number of hydrogen-bond acceptors (Lipinski definition) is 10. The Kier molecular flexibility index (Phi) is 10.6. The van der Waals surface area contributed by atoms with Crippen LogP contribution in [0.5, 0.6) is 0 Å². The number of esters is 1. The highest BCUT2D eigenvalue weighted by molar-refractivity contribution is 8.00. The molecule has 45 heavy (non-hydrogen) atoms. The third-order valence-corrected chi connectivity index (χ3v) is 9.31. The Morgan fingerprint density at radius 2 is 1.76 bits per heavy atom. The van der Waals surface area contributed by atoms with Gasteiger partial charge in [0.1, 0.15) is 29.8 Å². The van der Waals surface area contributed by atoms with Crippen molar-refractivity contribution in [2.24, 2.45) is 5.73 Å². The molecule has 3 aromatic rings. The number of aryl methyl sites for hydroxylation is 1. The van der Waals surface area contributed by atoms with Crippen LogP contribution in [0.2, 0.25) is 0 Å². The number of nitro benzene ring substituents is 1. The van der Waals surface area contributed by atoms with Gasteiger partial charge in [0.05, 0.1) is 14.9 Å². The van der Waals surface area contributed by atoms with Crippen molar-refractivity contribution >= 4 is 57.0 Å². The zero-order chi connectivity index (χ0) is 32.9. The van der Waals surface area contributed by atoms with Gasteiger partial charge in [-0.15, -0.1) is 11.8 Å². The Bertz CT molecular complexity index is 1740. The molecule has 1 saturated heterocycles. The number of nitro groups is 1. The second-order valence-electron chi connectivity index (χ2n) is 9.83. The Morgan fingerprint density at radius 3 is 2.33 bits per heavy atom. The molecule has 0 spiro atoms. The van der Waals surface area contributed by atoms with E-state index in [-0.39, 0.29) is 33.7 Å². The van der Waals surface area contributed by atoms with Gasteiger partial charge in [-0.1, -0.05) is 59.6 Å².